The number of hydrogen-bond donors (Lipinski definition) is 1. The summed E-state index contributed by atoms with van der Waals surface area (Å²) in [6.45, 7) is 7.51. The molecule has 0 amide bonds. The molecule has 2 nitrogen and oxygen atoms in total. The van der Waals surface area contributed by atoms with Crippen molar-refractivity contribution in [3.8, 4) is 0 Å². The number of allylic oxidation sites excluding steroid dienone is 1. The average Bonchev–Trinajstić information content (AvgIpc) is 2.34. The Morgan fingerprint density at radius 3 is 3.09 bits per heavy atom. The summed E-state index contributed by atoms with van der Waals surface area (Å²) in [6, 6.07) is 0.765. The lowest BCUT2D eigenvalue weighted by Gasteiger charge is -2.32. The van der Waals surface area contributed by atoms with Crippen LogP contribution in [0.4, 0.5) is 0 Å². The summed E-state index contributed by atoms with van der Waals surface area (Å²) < 4.78 is 0. The van der Waals surface area contributed by atoms with Crippen LogP contribution in [0.2, 0.25) is 0 Å². The Morgan fingerprint density at radius 2 is 2.36 bits per heavy atom. The molecule has 0 aromatic carbocycles. The molecule has 0 unspecified atom stereocenters. The second-order valence-corrected chi connectivity index (χ2v) is 3.16. The maximum atomic E-state index is 4.04. The highest BCUT2D eigenvalue weighted by Gasteiger charge is 2.28. The summed E-state index contributed by atoms with van der Waals surface area (Å²) in [4.78, 5) is 2.45. The zero-order valence-corrected chi connectivity index (χ0v) is 7.49. The molecule has 0 saturated carbocycles. The monoisotopic (exact) mass is 174 g/mol. The van der Waals surface area contributed by atoms with Crippen molar-refractivity contribution in [2.45, 2.75) is 18.9 Å². The first-order chi connectivity index (χ1) is 4.88. The highest BCUT2D eigenvalue weighted by atomic mass is 35.5. The third-order valence-corrected chi connectivity index (χ3v) is 2.52. The Balaban J connectivity index is 0.000000605. The minimum atomic E-state index is 0. The second kappa shape index (κ2) is 3.46. The van der Waals surface area contributed by atoms with Crippen LogP contribution < -0.4 is 5.32 Å². The van der Waals surface area contributed by atoms with Gasteiger partial charge in [-0.15, -0.1) is 12.4 Å². The molecule has 1 N–H and O–H groups in total. The Bertz CT molecular complexity index is 158. The molecule has 2 rings (SSSR count). The van der Waals surface area contributed by atoms with Gasteiger partial charge in [0.25, 0.3) is 0 Å². The summed E-state index contributed by atoms with van der Waals surface area (Å²) >= 11 is 0. The van der Waals surface area contributed by atoms with E-state index in [0.717, 1.165) is 12.6 Å². The van der Waals surface area contributed by atoms with Crippen LogP contribution in [0, 0.1) is 0 Å². The van der Waals surface area contributed by atoms with Gasteiger partial charge < -0.3 is 10.2 Å². The molecule has 2 heterocycles. The number of hydrogen-bond acceptors (Lipinski definition) is 2. The van der Waals surface area contributed by atoms with Crippen LogP contribution in [0.15, 0.2) is 12.3 Å². The summed E-state index contributed by atoms with van der Waals surface area (Å²) in [5.74, 6) is 0. The van der Waals surface area contributed by atoms with Gasteiger partial charge in [0.05, 0.1) is 0 Å². The lowest BCUT2D eigenvalue weighted by atomic mass is 10.2. The van der Waals surface area contributed by atoms with Crippen LogP contribution in [0.5, 0.6) is 0 Å². The van der Waals surface area contributed by atoms with Crippen molar-refractivity contribution in [3.63, 3.8) is 0 Å². The molecule has 11 heavy (non-hydrogen) atoms. The van der Waals surface area contributed by atoms with E-state index in [1.807, 2.05) is 0 Å². The number of piperazine rings is 1. The normalized spacial score (nSPS) is 29.6. The van der Waals surface area contributed by atoms with Crippen molar-refractivity contribution >= 4 is 12.4 Å². The van der Waals surface area contributed by atoms with Gasteiger partial charge in [-0.25, -0.2) is 0 Å². The standard InChI is InChI=1S/C8H14N2.ClH/c1-7-2-3-8-6-9-4-5-10(7)8;/h8-9H,1-6H2;1H/t8-;/m0./s1. The fourth-order valence-corrected chi connectivity index (χ4v) is 1.91. The van der Waals surface area contributed by atoms with Gasteiger partial charge in [-0.1, -0.05) is 6.58 Å². The molecule has 0 bridgehead atoms. The van der Waals surface area contributed by atoms with Gasteiger partial charge in [0, 0.05) is 31.4 Å². The van der Waals surface area contributed by atoms with E-state index in [2.05, 4.69) is 16.8 Å². The minimum Gasteiger partial charge on any atom is -0.370 e. The minimum absolute atomic E-state index is 0. The molecule has 0 aromatic heterocycles. The van der Waals surface area contributed by atoms with Gasteiger partial charge >= 0.3 is 0 Å². The highest BCUT2D eigenvalue weighted by Crippen LogP contribution is 2.26. The molecule has 0 radical (unpaired) electrons. The molecular formula is C8H15ClN2. The van der Waals surface area contributed by atoms with E-state index < -0.39 is 0 Å². The first-order valence-electron chi connectivity index (χ1n) is 4.03. The Hall–Kier alpha value is -0.210. The summed E-state index contributed by atoms with van der Waals surface area (Å²) in [5, 5.41) is 3.39. The van der Waals surface area contributed by atoms with Crippen molar-refractivity contribution < 1.29 is 0 Å². The molecule has 2 fully saturated rings. The van der Waals surface area contributed by atoms with Gasteiger partial charge in [-0.05, 0) is 12.8 Å². The topological polar surface area (TPSA) is 15.3 Å². The third kappa shape index (κ3) is 1.52. The van der Waals surface area contributed by atoms with Crippen molar-refractivity contribution in [1.82, 2.24) is 10.2 Å². The maximum Gasteiger partial charge on any atom is 0.0415 e. The number of nitrogens with one attached hydrogen (secondary N) is 1. The molecule has 2 aliphatic heterocycles. The SMILES string of the molecule is C=C1CC[C@H]2CNCCN12.Cl. The molecule has 2 aliphatic rings. The second-order valence-electron chi connectivity index (χ2n) is 3.16. The lowest BCUT2D eigenvalue weighted by molar-refractivity contribution is 0.245. The van der Waals surface area contributed by atoms with E-state index in [1.54, 1.807) is 0 Å². The molecule has 3 heteroatoms. The largest absolute Gasteiger partial charge is 0.370 e. The average molecular weight is 175 g/mol. The Labute approximate surface area is 74.1 Å². The van der Waals surface area contributed by atoms with E-state index in [0.29, 0.717) is 0 Å². The first kappa shape index (κ1) is 8.88. The molecular weight excluding hydrogens is 160 g/mol. The van der Waals surface area contributed by atoms with Gasteiger partial charge in [0.2, 0.25) is 0 Å². The molecule has 1 atom stereocenters. The number of rotatable bonds is 0. The summed E-state index contributed by atoms with van der Waals surface area (Å²) in [7, 11) is 0. The molecule has 64 valence electrons. The van der Waals surface area contributed by atoms with E-state index in [9.17, 15) is 0 Å². The molecule has 0 spiro atoms. The van der Waals surface area contributed by atoms with Crippen LogP contribution in [-0.4, -0.2) is 30.6 Å². The van der Waals surface area contributed by atoms with Gasteiger partial charge in [-0.3, -0.25) is 0 Å². The zero-order valence-electron chi connectivity index (χ0n) is 6.68. The summed E-state index contributed by atoms with van der Waals surface area (Å²) in [6.07, 6.45) is 2.53. The van der Waals surface area contributed by atoms with E-state index in [1.165, 1.54) is 31.6 Å². The summed E-state index contributed by atoms with van der Waals surface area (Å²) in [5.41, 5.74) is 1.35. The van der Waals surface area contributed by atoms with Gasteiger partial charge in [0.1, 0.15) is 0 Å². The van der Waals surface area contributed by atoms with Gasteiger partial charge in [-0.2, -0.15) is 0 Å². The predicted molar refractivity (Wildman–Crippen MR) is 49.0 cm³/mol. The highest BCUT2D eigenvalue weighted by molar-refractivity contribution is 5.85. The lowest BCUT2D eigenvalue weighted by Crippen LogP contribution is -2.46. The van der Waals surface area contributed by atoms with Crippen molar-refractivity contribution in [1.29, 1.82) is 0 Å². The van der Waals surface area contributed by atoms with Crippen molar-refractivity contribution in [2.75, 3.05) is 19.6 Å². The third-order valence-electron chi connectivity index (χ3n) is 2.52. The van der Waals surface area contributed by atoms with Crippen LogP contribution >= 0.6 is 12.4 Å². The van der Waals surface area contributed by atoms with Crippen molar-refractivity contribution in [2.24, 2.45) is 0 Å². The van der Waals surface area contributed by atoms with E-state index >= 15 is 0 Å². The quantitative estimate of drug-likeness (QED) is 0.590. The molecule has 0 aliphatic carbocycles. The molecule has 2 saturated heterocycles. The fraction of sp³-hybridized carbons (Fsp3) is 0.750. The van der Waals surface area contributed by atoms with Crippen molar-refractivity contribution in [3.05, 3.63) is 12.3 Å². The van der Waals surface area contributed by atoms with E-state index in [4.69, 9.17) is 0 Å². The number of fused-ring (bicyclic) bond motifs is 1. The predicted octanol–water partition coefficient (Wildman–Crippen LogP) is 0.990. The maximum absolute atomic E-state index is 4.04. The van der Waals surface area contributed by atoms with Crippen LogP contribution in [-0.2, 0) is 0 Å². The fourth-order valence-electron chi connectivity index (χ4n) is 1.91. The Morgan fingerprint density at radius 1 is 1.55 bits per heavy atom. The molecule has 0 aromatic rings. The number of nitrogens with zero attached hydrogens (tertiary/aromatic N) is 1. The van der Waals surface area contributed by atoms with Crippen LogP contribution in [0.3, 0.4) is 0 Å². The zero-order chi connectivity index (χ0) is 6.97. The smallest absolute Gasteiger partial charge is 0.0415 e. The van der Waals surface area contributed by atoms with Gasteiger partial charge in [0.15, 0.2) is 0 Å². The first-order valence-corrected chi connectivity index (χ1v) is 4.03. The Kier molecular flexibility index (Phi) is 2.79. The number of halogens is 1. The van der Waals surface area contributed by atoms with Crippen LogP contribution in [0.25, 0.3) is 0 Å². The van der Waals surface area contributed by atoms with Crippen LogP contribution in [0.1, 0.15) is 12.8 Å². The van der Waals surface area contributed by atoms with E-state index in [-0.39, 0.29) is 12.4 Å².